The summed E-state index contributed by atoms with van der Waals surface area (Å²) in [4.78, 5) is 9.50. The van der Waals surface area contributed by atoms with Gasteiger partial charge in [-0.3, -0.25) is 4.57 Å². The zero-order valence-electron chi connectivity index (χ0n) is 13.0. The van der Waals surface area contributed by atoms with Gasteiger partial charge in [0.25, 0.3) is 0 Å². The fourth-order valence-electron chi connectivity index (χ4n) is 1.99. The Hall–Kier alpha value is -2.10. The van der Waals surface area contributed by atoms with Crippen molar-refractivity contribution in [3.63, 3.8) is 0 Å². The monoisotopic (exact) mass is 285 g/mol. The first kappa shape index (κ1) is 15.3. The van der Waals surface area contributed by atoms with Crippen molar-refractivity contribution < 1.29 is 4.84 Å². The highest BCUT2D eigenvalue weighted by atomic mass is 16.6. The zero-order chi connectivity index (χ0) is 15.1. The van der Waals surface area contributed by atoms with E-state index in [2.05, 4.69) is 41.3 Å². The molecule has 2 rings (SSSR count). The molecule has 0 aliphatic heterocycles. The van der Waals surface area contributed by atoms with Crippen molar-refractivity contribution in [3.8, 4) is 0 Å². The van der Waals surface area contributed by atoms with Crippen LogP contribution in [0, 0.1) is 0 Å². The summed E-state index contributed by atoms with van der Waals surface area (Å²) in [6.45, 7) is 6.13. The molecule has 0 unspecified atom stereocenters. The number of aromatic nitrogens is 2. The van der Waals surface area contributed by atoms with Gasteiger partial charge in [-0.25, -0.2) is 4.98 Å². The van der Waals surface area contributed by atoms with Crippen molar-refractivity contribution in [2.24, 2.45) is 5.16 Å². The van der Waals surface area contributed by atoms with Crippen molar-refractivity contribution in [2.45, 2.75) is 46.1 Å². The molecule has 21 heavy (non-hydrogen) atoms. The van der Waals surface area contributed by atoms with E-state index in [1.165, 1.54) is 18.4 Å². The van der Waals surface area contributed by atoms with Gasteiger partial charge < -0.3 is 4.84 Å². The zero-order valence-corrected chi connectivity index (χ0v) is 13.0. The number of hydrogen-bond donors (Lipinski definition) is 0. The van der Waals surface area contributed by atoms with Crippen molar-refractivity contribution in [1.82, 2.24) is 9.55 Å². The van der Waals surface area contributed by atoms with Crippen LogP contribution in [0.1, 0.15) is 44.7 Å². The van der Waals surface area contributed by atoms with Crippen LogP contribution in [0.4, 0.5) is 0 Å². The van der Waals surface area contributed by atoms with Crippen LogP contribution >= 0.6 is 0 Å². The van der Waals surface area contributed by atoms with Crippen LogP contribution in [0.15, 0.2) is 48.1 Å². The molecule has 0 radical (unpaired) electrons. The molecule has 1 aromatic carbocycles. The maximum Gasteiger partial charge on any atom is 0.184 e. The first-order valence-electron chi connectivity index (χ1n) is 7.52. The average Bonchev–Trinajstić information content (AvgIpc) is 3.00. The molecule has 1 aromatic heterocycles. The summed E-state index contributed by atoms with van der Waals surface area (Å²) in [5.41, 5.74) is 2.38. The molecule has 1 heterocycles. The Morgan fingerprint density at radius 2 is 2.05 bits per heavy atom. The Balaban J connectivity index is 2.22. The smallest absolute Gasteiger partial charge is 0.184 e. The lowest BCUT2D eigenvalue weighted by Crippen LogP contribution is -2.13. The molecule has 0 atom stereocenters. The second-order valence-corrected chi connectivity index (χ2v) is 5.34. The SMILES string of the molecule is CCCCc1ccc(C(=NOC(C)C)n2ccnc2)cc1. The Morgan fingerprint density at radius 3 is 2.62 bits per heavy atom. The lowest BCUT2D eigenvalue weighted by molar-refractivity contribution is 0.0853. The van der Waals surface area contributed by atoms with E-state index in [1.807, 2.05) is 24.6 Å². The first-order valence-corrected chi connectivity index (χ1v) is 7.52. The average molecular weight is 285 g/mol. The third-order valence-corrected chi connectivity index (χ3v) is 3.13. The van der Waals surface area contributed by atoms with Crippen LogP contribution in [0.5, 0.6) is 0 Å². The van der Waals surface area contributed by atoms with E-state index in [9.17, 15) is 0 Å². The van der Waals surface area contributed by atoms with E-state index in [-0.39, 0.29) is 6.10 Å². The highest BCUT2D eigenvalue weighted by molar-refractivity contribution is 5.99. The van der Waals surface area contributed by atoms with Crippen LogP contribution in [-0.2, 0) is 11.3 Å². The van der Waals surface area contributed by atoms with Gasteiger partial charge in [-0.2, -0.15) is 0 Å². The van der Waals surface area contributed by atoms with Crippen LogP contribution in [0.25, 0.3) is 0 Å². The maximum atomic E-state index is 5.42. The number of unbranched alkanes of at least 4 members (excludes halogenated alkanes) is 1. The minimum absolute atomic E-state index is 0.0485. The Bertz CT molecular complexity index is 556. The van der Waals surface area contributed by atoms with Gasteiger partial charge in [-0.15, -0.1) is 0 Å². The molecule has 0 amide bonds. The van der Waals surface area contributed by atoms with Gasteiger partial charge in [0.1, 0.15) is 12.4 Å². The summed E-state index contributed by atoms with van der Waals surface area (Å²) < 4.78 is 1.86. The van der Waals surface area contributed by atoms with E-state index in [0.717, 1.165) is 17.8 Å². The number of imidazole rings is 1. The van der Waals surface area contributed by atoms with Crippen LogP contribution in [-0.4, -0.2) is 21.5 Å². The lowest BCUT2D eigenvalue weighted by atomic mass is 10.1. The highest BCUT2D eigenvalue weighted by Crippen LogP contribution is 2.11. The Morgan fingerprint density at radius 1 is 1.29 bits per heavy atom. The number of nitrogens with zero attached hydrogens (tertiary/aromatic N) is 3. The van der Waals surface area contributed by atoms with Gasteiger partial charge >= 0.3 is 0 Å². The summed E-state index contributed by atoms with van der Waals surface area (Å²) in [6.07, 6.45) is 8.94. The number of oxime groups is 1. The molecule has 0 aliphatic carbocycles. The molecule has 0 saturated heterocycles. The normalized spacial score (nSPS) is 11.9. The maximum absolute atomic E-state index is 5.42. The van der Waals surface area contributed by atoms with Crippen molar-refractivity contribution in [1.29, 1.82) is 0 Å². The minimum Gasteiger partial charge on any atom is -0.391 e. The van der Waals surface area contributed by atoms with E-state index in [4.69, 9.17) is 4.84 Å². The number of benzene rings is 1. The van der Waals surface area contributed by atoms with Crippen LogP contribution in [0.2, 0.25) is 0 Å². The summed E-state index contributed by atoms with van der Waals surface area (Å²) in [7, 11) is 0. The summed E-state index contributed by atoms with van der Waals surface area (Å²) in [5, 5.41) is 4.27. The second-order valence-electron chi connectivity index (χ2n) is 5.34. The number of hydrogen-bond acceptors (Lipinski definition) is 3. The van der Waals surface area contributed by atoms with E-state index >= 15 is 0 Å². The minimum atomic E-state index is 0.0485. The van der Waals surface area contributed by atoms with E-state index in [0.29, 0.717) is 0 Å². The molecule has 4 nitrogen and oxygen atoms in total. The Labute approximate surface area is 126 Å². The van der Waals surface area contributed by atoms with Gasteiger partial charge in [-0.1, -0.05) is 42.8 Å². The summed E-state index contributed by atoms with van der Waals surface area (Å²) in [5.74, 6) is 0.753. The summed E-state index contributed by atoms with van der Waals surface area (Å²) in [6, 6.07) is 8.50. The van der Waals surface area contributed by atoms with Crippen LogP contribution < -0.4 is 0 Å². The van der Waals surface area contributed by atoms with Crippen molar-refractivity contribution >= 4 is 5.84 Å². The lowest BCUT2D eigenvalue weighted by Gasteiger charge is -2.10. The quantitative estimate of drug-likeness (QED) is 0.459. The fraction of sp³-hybridized carbons (Fsp3) is 0.412. The van der Waals surface area contributed by atoms with Gasteiger partial charge in [0, 0.05) is 18.0 Å². The van der Waals surface area contributed by atoms with Crippen molar-refractivity contribution in [3.05, 3.63) is 54.1 Å². The van der Waals surface area contributed by atoms with Gasteiger partial charge in [0.15, 0.2) is 5.84 Å². The molecule has 2 aromatic rings. The largest absolute Gasteiger partial charge is 0.391 e. The molecule has 0 fully saturated rings. The third kappa shape index (κ3) is 4.45. The standard InChI is InChI=1S/C17H23N3O/c1-4-5-6-15-7-9-16(10-8-15)17(19-21-14(2)3)20-12-11-18-13-20/h7-14H,4-6H2,1-3H3. The molecular weight excluding hydrogens is 262 g/mol. The molecular formula is C17H23N3O. The first-order chi connectivity index (χ1) is 10.2. The number of aryl methyl sites for hydroxylation is 1. The predicted octanol–water partition coefficient (Wildman–Crippen LogP) is 3.86. The highest BCUT2D eigenvalue weighted by Gasteiger charge is 2.08. The van der Waals surface area contributed by atoms with Crippen molar-refractivity contribution in [2.75, 3.05) is 0 Å². The molecule has 0 aliphatic rings. The molecule has 0 N–H and O–H groups in total. The number of rotatable bonds is 6. The predicted molar refractivity (Wildman–Crippen MR) is 85.4 cm³/mol. The molecule has 0 bridgehead atoms. The van der Waals surface area contributed by atoms with Gasteiger partial charge in [0.2, 0.25) is 0 Å². The van der Waals surface area contributed by atoms with Gasteiger partial charge in [0.05, 0.1) is 0 Å². The Kier molecular flexibility index (Phi) is 5.55. The fourth-order valence-corrected chi connectivity index (χ4v) is 1.99. The molecule has 4 heteroatoms. The molecule has 0 spiro atoms. The molecule has 0 saturated carbocycles. The topological polar surface area (TPSA) is 39.4 Å². The van der Waals surface area contributed by atoms with E-state index in [1.54, 1.807) is 12.5 Å². The second kappa shape index (κ2) is 7.62. The molecule has 112 valence electrons. The summed E-state index contributed by atoms with van der Waals surface area (Å²) >= 11 is 0. The van der Waals surface area contributed by atoms with Gasteiger partial charge in [-0.05, 0) is 32.3 Å². The van der Waals surface area contributed by atoms with Crippen LogP contribution in [0.3, 0.4) is 0 Å². The van der Waals surface area contributed by atoms with E-state index < -0.39 is 0 Å². The third-order valence-electron chi connectivity index (χ3n) is 3.13.